The molecule has 0 aromatic heterocycles. The summed E-state index contributed by atoms with van der Waals surface area (Å²) < 4.78 is 0. The molecule has 0 atom stereocenters. The van der Waals surface area contributed by atoms with Crippen molar-refractivity contribution in [1.82, 2.24) is 5.32 Å². The van der Waals surface area contributed by atoms with Gasteiger partial charge in [-0.1, -0.05) is 11.6 Å². The predicted octanol–water partition coefficient (Wildman–Crippen LogP) is 3.93. The summed E-state index contributed by atoms with van der Waals surface area (Å²) in [6, 6.07) is 5.59. The van der Waals surface area contributed by atoms with Crippen LogP contribution in [0.15, 0.2) is 18.2 Å². The van der Waals surface area contributed by atoms with E-state index in [-0.39, 0.29) is 17.3 Å². The molecule has 1 fully saturated rings. The van der Waals surface area contributed by atoms with Crippen molar-refractivity contribution in [1.29, 1.82) is 0 Å². The summed E-state index contributed by atoms with van der Waals surface area (Å²) in [6.07, 6.45) is 3.89. The van der Waals surface area contributed by atoms with Gasteiger partial charge in [0.05, 0.1) is 0 Å². The molecule has 0 spiro atoms. The lowest BCUT2D eigenvalue weighted by molar-refractivity contribution is 0.0927. The zero-order valence-electron chi connectivity index (χ0n) is 10.4. The predicted molar refractivity (Wildman–Crippen MR) is 75.6 cm³/mol. The van der Waals surface area contributed by atoms with Crippen molar-refractivity contribution in [2.24, 2.45) is 0 Å². The summed E-state index contributed by atoms with van der Waals surface area (Å²) in [4.78, 5) is 12.1. The van der Waals surface area contributed by atoms with Crippen LogP contribution in [0.4, 0.5) is 0 Å². The van der Waals surface area contributed by atoms with Gasteiger partial charge in [0.25, 0.3) is 5.91 Å². The molecule has 1 aromatic rings. The zero-order chi connectivity index (χ0) is 13.1. The Hall–Kier alpha value is -0.730. The molecule has 2 rings (SSSR count). The van der Waals surface area contributed by atoms with Crippen LogP contribution in [-0.4, -0.2) is 17.3 Å². The Labute approximate surface area is 118 Å². The van der Waals surface area contributed by atoms with Gasteiger partial charge in [0.2, 0.25) is 0 Å². The van der Waals surface area contributed by atoms with Crippen LogP contribution in [0.25, 0.3) is 0 Å². The maximum Gasteiger partial charge on any atom is 0.251 e. The largest absolute Gasteiger partial charge is 0.349 e. The van der Waals surface area contributed by atoms with E-state index < -0.39 is 0 Å². The second-order valence-corrected chi connectivity index (χ2v) is 5.94. The number of amides is 1. The van der Waals surface area contributed by atoms with Gasteiger partial charge in [-0.05, 0) is 56.4 Å². The Kier molecular flexibility index (Phi) is 4.52. The lowest BCUT2D eigenvalue weighted by Gasteiger charge is -2.26. The first-order valence-electron chi connectivity index (χ1n) is 6.27. The third-order valence-corrected chi connectivity index (χ3v) is 4.10. The molecule has 1 amide bonds. The van der Waals surface area contributed by atoms with Crippen LogP contribution in [0, 0.1) is 6.92 Å². The van der Waals surface area contributed by atoms with E-state index in [1.54, 1.807) is 12.1 Å². The number of carbonyl (C=O) groups excluding carboxylic acids is 1. The fourth-order valence-corrected chi connectivity index (χ4v) is 2.82. The Balaban J connectivity index is 1.99. The number of hydrogen-bond donors (Lipinski definition) is 1. The van der Waals surface area contributed by atoms with Crippen LogP contribution in [0.2, 0.25) is 5.02 Å². The van der Waals surface area contributed by atoms with Crippen molar-refractivity contribution in [3.8, 4) is 0 Å². The highest BCUT2D eigenvalue weighted by Crippen LogP contribution is 2.23. The van der Waals surface area contributed by atoms with Crippen molar-refractivity contribution in [3.63, 3.8) is 0 Å². The van der Waals surface area contributed by atoms with Crippen molar-refractivity contribution in [3.05, 3.63) is 34.3 Å². The minimum atomic E-state index is -0.0119. The lowest BCUT2D eigenvalue weighted by atomic mass is 9.94. The fourth-order valence-electron chi connectivity index (χ4n) is 2.34. The molecule has 1 saturated carbocycles. The number of alkyl halides is 1. The molecule has 0 unspecified atom stereocenters. The maximum atomic E-state index is 12.1. The molecular formula is C14H17Cl2NO. The highest BCUT2D eigenvalue weighted by molar-refractivity contribution is 6.30. The van der Waals surface area contributed by atoms with Crippen molar-refractivity contribution < 1.29 is 4.79 Å². The van der Waals surface area contributed by atoms with E-state index in [9.17, 15) is 4.79 Å². The molecule has 1 aliphatic carbocycles. The number of aryl methyl sites for hydroxylation is 1. The summed E-state index contributed by atoms with van der Waals surface area (Å²) in [5, 5.41) is 4.01. The van der Waals surface area contributed by atoms with E-state index in [4.69, 9.17) is 23.2 Å². The molecule has 0 heterocycles. The van der Waals surface area contributed by atoms with Gasteiger partial charge in [-0.2, -0.15) is 0 Å². The quantitative estimate of drug-likeness (QED) is 0.820. The standard InChI is InChI=1S/C14H17Cl2NO/c1-9-8-11(16)4-7-13(9)14(18)17-12-5-2-10(15)3-6-12/h4,7-8,10,12H,2-3,5-6H2,1H3,(H,17,18). The molecule has 18 heavy (non-hydrogen) atoms. The third-order valence-electron chi connectivity index (χ3n) is 3.43. The van der Waals surface area contributed by atoms with E-state index in [0.717, 1.165) is 31.2 Å². The SMILES string of the molecule is Cc1cc(Cl)ccc1C(=O)NC1CCC(Cl)CC1. The summed E-state index contributed by atoms with van der Waals surface area (Å²) in [5.41, 5.74) is 1.61. The molecule has 1 N–H and O–H groups in total. The first-order chi connectivity index (χ1) is 8.56. The molecular weight excluding hydrogens is 269 g/mol. The van der Waals surface area contributed by atoms with Crippen LogP contribution in [0.1, 0.15) is 41.6 Å². The van der Waals surface area contributed by atoms with Gasteiger partial charge in [0.1, 0.15) is 0 Å². The van der Waals surface area contributed by atoms with Gasteiger partial charge in [0, 0.05) is 22.0 Å². The van der Waals surface area contributed by atoms with E-state index in [2.05, 4.69) is 5.32 Å². The Morgan fingerprint density at radius 3 is 2.56 bits per heavy atom. The second kappa shape index (κ2) is 5.94. The summed E-state index contributed by atoms with van der Waals surface area (Å²) in [7, 11) is 0. The fraction of sp³-hybridized carbons (Fsp3) is 0.500. The number of benzene rings is 1. The highest BCUT2D eigenvalue weighted by atomic mass is 35.5. The van der Waals surface area contributed by atoms with Crippen LogP contribution < -0.4 is 5.32 Å². The van der Waals surface area contributed by atoms with Crippen molar-refractivity contribution >= 4 is 29.1 Å². The number of carbonyl (C=O) groups is 1. The number of halogens is 2. The molecule has 0 aliphatic heterocycles. The van der Waals surface area contributed by atoms with Crippen LogP contribution in [0.3, 0.4) is 0 Å². The molecule has 4 heteroatoms. The Morgan fingerprint density at radius 1 is 1.28 bits per heavy atom. The summed E-state index contributed by atoms with van der Waals surface area (Å²) in [6.45, 7) is 1.90. The first kappa shape index (κ1) is 13.7. The molecule has 0 bridgehead atoms. The van der Waals surface area contributed by atoms with Gasteiger partial charge >= 0.3 is 0 Å². The monoisotopic (exact) mass is 285 g/mol. The average molecular weight is 286 g/mol. The average Bonchev–Trinajstić information content (AvgIpc) is 2.32. The lowest BCUT2D eigenvalue weighted by Crippen LogP contribution is -2.38. The molecule has 1 aliphatic rings. The molecule has 1 aromatic carbocycles. The van der Waals surface area contributed by atoms with Gasteiger partial charge < -0.3 is 5.32 Å². The summed E-state index contributed by atoms with van der Waals surface area (Å²) >= 11 is 11.9. The van der Waals surface area contributed by atoms with Crippen LogP contribution in [0.5, 0.6) is 0 Å². The van der Waals surface area contributed by atoms with Crippen molar-refractivity contribution in [2.45, 2.75) is 44.0 Å². The van der Waals surface area contributed by atoms with E-state index >= 15 is 0 Å². The van der Waals surface area contributed by atoms with Crippen LogP contribution in [-0.2, 0) is 0 Å². The minimum Gasteiger partial charge on any atom is -0.349 e. The van der Waals surface area contributed by atoms with Gasteiger partial charge in [-0.3, -0.25) is 4.79 Å². The molecule has 0 radical (unpaired) electrons. The van der Waals surface area contributed by atoms with Gasteiger partial charge in [-0.25, -0.2) is 0 Å². The zero-order valence-corrected chi connectivity index (χ0v) is 11.9. The van der Waals surface area contributed by atoms with Gasteiger partial charge in [0.15, 0.2) is 0 Å². The molecule has 0 saturated heterocycles. The first-order valence-corrected chi connectivity index (χ1v) is 7.09. The minimum absolute atomic E-state index is 0.0119. The Bertz CT molecular complexity index is 439. The normalized spacial score (nSPS) is 23.7. The third kappa shape index (κ3) is 3.39. The summed E-state index contributed by atoms with van der Waals surface area (Å²) in [5.74, 6) is -0.0119. The van der Waals surface area contributed by atoms with E-state index in [1.807, 2.05) is 13.0 Å². The molecule has 98 valence electrons. The smallest absolute Gasteiger partial charge is 0.251 e. The van der Waals surface area contributed by atoms with Crippen molar-refractivity contribution in [2.75, 3.05) is 0 Å². The van der Waals surface area contributed by atoms with E-state index in [0.29, 0.717) is 10.6 Å². The number of nitrogens with one attached hydrogen (secondary N) is 1. The van der Waals surface area contributed by atoms with Crippen LogP contribution >= 0.6 is 23.2 Å². The topological polar surface area (TPSA) is 29.1 Å². The highest BCUT2D eigenvalue weighted by Gasteiger charge is 2.21. The Morgan fingerprint density at radius 2 is 1.94 bits per heavy atom. The molecule has 2 nitrogen and oxygen atoms in total. The van der Waals surface area contributed by atoms with E-state index in [1.165, 1.54) is 0 Å². The number of hydrogen-bond acceptors (Lipinski definition) is 1. The number of rotatable bonds is 2. The maximum absolute atomic E-state index is 12.1. The second-order valence-electron chi connectivity index (χ2n) is 4.88. The van der Waals surface area contributed by atoms with Gasteiger partial charge in [-0.15, -0.1) is 11.6 Å².